The van der Waals surface area contributed by atoms with E-state index < -0.39 is 0 Å². The number of benzene rings is 1. The molecule has 118 valence electrons. The normalized spacial score (nSPS) is 23.6. The van der Waals surface area contributed by atoms with Crippen LogP contribution in [0.4, 0.5) is 5.69 Å². The molecule has 2 fully saturated rings. The van der Waals surface area contributed by atoms with Gasteiger partial charge >= 0.3 is 0 Å². The van der Waals surface area contributed by atoms with Gasteiger partial charge in [-0.15, -0.1) is 0 Å². The van der Waals surface area contributed by atoms with Crippen LogP contribution in [0.5, 0.6) is 0 Å². The van der Waals surface area contributed by atoms with Gasteiger partial charge in [-0.25, -0.2) is 4.98 Å². The van der Waals surface area contributed by atoms with E-state index in [9.17, 15) is 0 Å². The first kappa shape index (κ1) is 14.0. The van der Waals surface area contributed by atoms with Crippen molar-refractivity contribution < 1.29 is 9.15 Å². The standard InChI is InChI=1S/C17H23N3O2/c1-11(8-14-10-21-7-6-18-14)19-13-4-5-16-15(9-13)20-17(22-16)12-2-3-12/h4-5,9,11-12,14,18-19H,2-3,6-8,10H2,1H3. The van der Waals surface area contributed by atoms with Crippen LogP contribution in [0.25, 0.3) is 11.1 Å². The number of nitrogens with one attached hydrogen (secondary N) is 2. The molecule has 22 heavy (non-hydrogen) atoms. The summed E-state index contributed by atoms with van der Waals surface area (Å²) in [6.07, 6.45) is 3.47. The Morgan fingerprint density at radius 3 is 3.09 bits per heavy atom. The van der Waals surface area contributed by atoms with Gasteiger partial charge in [0.15, 0.2) is 11.5 Å². The van der Waals surface area contributed by atoms with Crippen LogP contribution in [0.2, 0.25) is 0 Å². The Morgan fingerprint density at radius 1 is 1.41 bits per heavy atom. The molecule has 2 heterocycles. The van der Waals surface area contributed by atoms with E-state index in [1.165, 1.54) is 12.8 Å². The largest absolute Gasteiger partial charge is 0.440 e. The highest BCUT2D eigenvalue weighted by molar-refractivity contribution is 5.77. The number of ether oxygens (including phenoxy) is 1. The fourth-order valence-corrected chi connectivity index (χ4v) is 3.08. The van der Waals surface area contributed by atoms with E-state index in [0.717, 1.165) is 48.9 Å². The molecular weight excluding hydrogens is 278 g/mol. The highest BCUT2D eigenvalue weighted by Gasteiger charge is 2.28. The molecule has 2 atom stereocenters. The number of fused-ring (bicyclic) bond motifs is 1. The van der Waals surface area contributed by atoms with E-state index in [-0.39, 0.29) is 0 Å². The van der Waals surface area contributed by atoms with Gasteiger partial charge in [0.1, 0.15) is 5.52 Å². The summed E-state index contributed by atoms with van der Waals surface area (Å²) < 4.78 is 11.3. The van der Waals surface area contributed by atoms with Gasteiger partial charge in [0.2, 0.25) is 0 Å². The topological polar surface area (TPSA) is 59.3 Å². The first-order valence-corrected chi connectivity index (χ1v) is 8.26. The quantitative estimate of drug-likeness (QED) is 0.889. The van der Waals surface area contributed by atoms with Crippen LogP contribution in [0, 0.1) is 0 Å². The summed E-state index contributed by atoms with van der Waals surface area (Å²) in [6, 6.07) is 7.00. The zero-order valence-electron chi connectivity index (χ0n) is 13.0. The summed E-state index contributed by atoms with van der Waals surface area (Å²) in [6.45, 7) is 4.79. The van der Waals surface area contributed by atoms with Gasteiger partial charge in [-0.05, 0) is 44.4 Å². The van der Waals surface area contributed by atoms with Crippen molar-refractivity contribution in [1.82, 2.24) is 10.3 Å². The first-order chi connectivity index (χ1) is 10.8. The molecule has 0 radical (unpaired) electrons. The molecule has 0 spiro atoms. The summed E-state index contributed by atoms with van der Waals surface area (Å²) in [7, 11) is 0. The molecule has 4 rings (SSSR count). The zero-order chi connectivity index (χ0) is 14.9. The van der Waals surface area contributed by atoms with Crippen molar-refractivity contribution in [3.05, 3.63) is 24.1 Å². The summed E-state index contributed by atoms with van der Waals surface area (Å²) >= 11 is 0. The lowest BCUT2D eigenvalue weighted by Gasteiger charge is -2.27. The second-order valence-corrected chi connectivity index (χ2v) is 6.52. The Kier molecular flexibility index (Phi) is 3.76. The average molecular weight is 301 g/mol. The lowest BCUT2D eigenvalue weighted by atomic mass is 10.1. The number of aromatic nitrogens is 1. The van der Waals surface area contributed by atoms with Crippen molar-refractivity contribution in [1.29, 1.82) is 0 Å². The van der Waals surface area contributed by atoms with Gasteiger partial charge in [-0.1, -0.05) is 0 Å². The molecule has 1 aliphatic carbocycles. The Bertz CT molecular complexity index is 644. The van der Waals surface area contributed by atoms with Crippen LogP contribution in [0.3, 0.4) is 0 Å². The van der Waals surface area contributed by atoms with Gasteiger partial charge in [0, 0.05) is 30.2 Å². The molecular formula is C17H23N3O2. The van der Waals surface area contributed by atoms with Gasteiger partial charge in [0.05, 0.1) is 13.2 Å². The third-order valence-corrected chi connectivity index (χ3v) is 4.38. The number of oxazole rings is 1. The van der Waals surface area contributed by atoms with E-state index in [1.807, 2.05) is 6.07 Å². The SMILES string of the molecule is CC(CC1COCCN1)Nc1ccc2oc(C3CC3)nc2c1. The predicted molar refractivity (Wildman–Crippen MR) is 86.3 cm³/mol. The average Bonchev–Trinajstić information content (AvgIpc) is 3.28. The first-order valence-electron chi connectivity index (χ1n) is 8.26. The maximum Gasteiger partial charge on any atom is 0.198 e. The smallest absolute Gasteiger partial charge is 0.198 e. The van der Waals surface area contributed by atoms with Crippen LogP contribution in [-0.4, -0.2) is 36.8 Å². The van der Waals surface area contributed by atoms with E-state index >= 15 is 0 Å². The number of rotatable bonds is 5. The van der Waals surface area contributed by atoms with Crippen molar-refractivity contribution in [3.63, 3.8) is 0 Å². The maximum absolute atomic E-state index is 5.81. The second-order valence-electron chi connectivity index (χ2n) is 6.52. The minimum absolute atomic E-state index is 0.381. The summed E-state index contributed by atoms with van der Waals surface area (Å²) in [5, 5.41) is 7.05. The minimum Gasteiger partial charge on any atom is -0.440 e. The third-order valence-electron chi connectivity index (χ3n) is 4.38. The molecule has 0 bridgehead atoms. The van der Waals surface area contributed by atoms with E-state index in [1.54, 1.807) is 0 Å². The predicted octanol–water partition coefficient (Wildman–Crippen LogP) is 2.88. The molecule has 1 aromatic heterocycles. The third kappa shape index (κ3) is 3.10. The molecule has 1 saturated carbocycles. The molecule has 1 saturated heterocycles. The fourth-order valence-electron chi connectivity index (χ4n) is 3.08. The Morgan fingerprint density at radius 2 is 2.32 bits per heavy atom. The van der Waals surface area contributed by atoms with Crippen LogP contribution in [0.15, 0.2) is 22.6 Å². The van der Waals surface area contributed by atoms with E-state index in [2.05, 4.69) is 34.7 Å². The van der Waals surface area contributed by atoms with Gasteiger partial charge in [-0.3, -0.25) is 0 Å². The van der Waals surface area contributed by atoms with E-state index in [0.29, 0.717) is 18.0 Å². The summed E-state index contributed by atoms with van der Waals surface area (Å²) in [4.78, 5) is 4.62. The van der Waals surface area contributed by atoms with Crippen LogP contribution in [-0.2, 0) is 4.74 Å². The highest BCUT2D eigenvalue weighted by Crippen LogP contribution is 2.40. The number of morpholine rings is 1. The monoisotopic (exact) mass is 301 g/mol. The maximum atomic E-state index is 5.81. The van der Waals surface area contributed by atoms with Gasteiger partial charge in [0.25, 0.3) is 0 Å². The van der Waals surface area contributed by atoms with Crippen molar-refractivity contribution in [2.24, 2.45) is 0 Å². The molecule has 2 aliphatic rings. The number of anilines is 1. The lowest BCUT2D eigenvalue weighted by Crippen LogP contribution is -2.43. The minimum atomic E-state index is 0.381. The van der Waals surface area contributed by atoms with Crippen molar-refractivity contribution in [2.75, 3.05) is 25.1 Å². The second kappa shape index (κ2) is 5.89. The Hall–Kier alpha value is -1.59. The zero-order valence-corrected chi connectivity index (χ0v) is 13.0. The molecule has 0 amide bonds. The van der Waals surface area contributed by atoms with Crippen molar-refractivity contribution in [2.45, 2.75) is 44.2 Å². The summed E-state index contributed by atoms with van der Waals surface area (Å²) in [5.74, 6) is 1.46. The Labute approximate surface area is 130 Å². The molecule has 5 nitrogen and oxygen atoms in total. The molecule has 2 unspecified atom stereocenters. The van der Waals surface area contributed by atoms with Crippen molar-refractivity contribution >= 4 is 16.8 Å². The van der Waals surface area contributed by atoms with Crippen LogP contribution in [0.1, 0.15) is 38.0 Å². The van der Waals surface area contributed by atoms with Gasteiger partial charge in [-0.2, -0.15) is 0 Å². The van der Waals surface area contributed by atoms with Crippen LogP contribution >= 0.6 is 0 Å². The molecule has 2 N–H and O–H groups in total. The number of nitrogens with zero attached hydrogens (tertiary/aromatic N) is 1. The number of hydrogen-bond donors (Lipinski definition) is 2. The molecule has 2 aromatic rings. The van der Waals surface area contributed by atoms with Gasteiger partial charge < -0.3 is 19.8 Å². The Balaban J connectivity index is 1.41. The number of hydrogen-bond acceptors (Lipinski definition) is 5. The van der Waals surface area contributed by atoms with Crippen LogP contribution < -0.4 is 10.6 Å². The lowest BCUT2D eigenvalue weighted by molar-refractivity contribution is 0.0731. The fraction of sp³-hybridized carbons (Fsp3) is 0.588. The summed E-state index contributed by atoms with van der Waals surface area (Å²) in [5.41, 5.74) is 2.95. The molecule has 1 aliphatic heterocycles. The highest BCUT2D eigenvalue weighted by atomic mass is 16.5. The van der Waals surface area contributed by atoms with E-state index in [4.69, 9.17) is 9.15 Å². The van der Waals surface area contributed by atoms with Crippen molar-refractivity contribution in [3.8, 4) is 0 Å². The molecule has 5 heteroatoms. The molecule has 1 aromatic carbocycles.